The highest BCUT2D eigenvalue weighted by molar-refractivity contribution is 5.53. The minimum absolute atomic E-state index is 0.0352. The van der Waals surface area contributed by atoms with Crippen LogP contribution in [-0.4, -0.2) is 36.1 Å². The SMILES string of the molecule is CN1CCCCC1COc1cc(N)cc([N+](=O)[O-])c1. The number of nitro benzene ring substituents is 1. The summed E-state index contributed by atoms with van der Waals surface area (Å²) in [6.07, 6.45) is 3.52. The lowest BCUT2D eigenvalue weighted by molar-refractivity contribution is -0.384. The number of likely N-dealkylation sites (N-methyl/N-ethyl adjacent to an activating group) is 1. The second kappa shape index (κ2) is 5.88. The maximum Gasteiger partial charge on any atom is 0.275 e. The van der Waals surface area contributed by atoms with Gasteiger partial charge < -0.3 is 15.4 Å². The number of hydrogen-bond donors (Lipinski definition) is 1. The summed E-state index contributed by atoms with van der Waals surface area (Å²) in [6, 6.07) is 4.74. The number of hydrogen-bond acceptors (Lipinski definition) is 5. The molecule has 1 aliphatic heterocycles. The highest BCUT2D eigenvalue weighted by Crippen LogP contribution is 2.25. The van der Waals surface area contributed by atoms with Crippen molar-refractivity contribution in [3.05, 3.63) is 28.3 Å². The minimum atomic E-state index is -0.462. The van der Waals surface area contributed by atoms with Gasteiger partial charge in [0.05, 0.1) is 11.0 Å². The van der Waals surface area contributed by atoms with Gasteiger partial charge in [0, 0.05) is 23.9 Å². The molecular formula is C13H19N3O3. The van der Waals surface area contributed by atoms with Crippen molar-refractivity contribution >= 4 is 11.4 Å². The zero-order valence-electron chi connectivity index (χ0n) is 11.0. The summed E-state index contributed by atoms with van der Waals surface area (Å²) < 4.78 is 5.66. The number of nitrogens with two attached hydrogens (primary N) is 1. The Balaban J connectivity index is 2.00. The van der Waals surface area contributed by atoms with Crippen LogP contribution < -0.4 is 10.5 Å². The van der Waals surface area contributed by atoms with Gasteiger partial charge in [0.25, 0.3) is 5.69 Å². The van der Waals surface area contributed by atoms with E-state index in [2.05, 4.69) is 11.9 Å². The van der Waals surface area contributed by atoms with E-state index in [1.54, 1.807) is 6.07 Å². The van der Waals surface area contributed by atoms with Crippen molar-refractivity contribution in [1.82, 2.24) is 4.90 Å². The average molecular weight is 265 g/mol. The molecule has 1 aliphatic rings. The number of benzene rings is 1. The fourth-order valence-corrected chi connectivity index (χ4v) is 2.34. The Morgan fingerprint density at radius 1 is 1.47 bits per heavy atom. The highest BCUT2D eigenvalue weighted by atomic mass is 16.6. The molecule has 0 aliphatic carbocycles. The maximum absolute atomic E-state index is 10.7. The molecule has 0 radical (unpaired) electrons. The predicted molar refractivity (Wildman–Crippen MR) is 73.3 cm³/mol. The van der Waals surface area contributed by atoms with Crippen molar-refractivity contribution in [3.63, 3.8) is 0 Å². The minimum Gasteiger partial charge on any atom is -0.492 e. The van der Waals surface area contributed by atoms with Gasteiger partial charge in [0.15, 0.2) is 0 Å². The highest BCUT2D eigenvalue weighted by Gasteiger charge is 2.19. The first-order valence-corrected chi connectivity index (χ1v) is 6.44. The van der Waals surface area contributed by atoms with E-state index in [9.17, 15) is 10.1 Å². The smallest absolute Gasteiger partial charge is 0.275 e. The van der Waals surface area contributed by atoms with Crippen LogP contribution in [0.2, 0.25) is 0 Å². The summed E-state index contributed by atoms with van der Waals surface area (Å²) in [5.74, 6) is 0.464. The van der Waals surface area contributed by atoms with Crippen LogP contribution in [0.5, 0.6) is 5.75 Å². The fraction of sp³-hybridized carbons (Fsp3) is 0.538. The summed E-state index contributed by atoms with van der Waals surface area (Å²) in [4.78, 5) is 12.6. The number of nitrogens with zero attached hydrogens (tertiary/aromatic N) is 2. The van der Waals surface area contributed by atoms with Crippen molar-refractivity contribution in [2.24, 2.45) is 0 Å². The normalized spacial score (nSPS) is 20.2. The number of non-ortho nitro benzene ring substituents is 1. The number of rotatable bonds is 4. The summed E-state index contributed by atoms with van der Waals surface area (Å²) in [5.41, 5.74) is 5.95. The Morgan fingerprint density at radius 2 is 2.26 bits per heavy atom. The quantitative estimate of drug-likeness (QED) is 0.512. The Bertz CT molecular complexity index is 464. The Morgan fingerprint density at radius 3 is 2.95 bits per heavy atom. The molecule has 104 valence electrons. The summed E-state index contributed by atoms with van der Waals surface area (Å²) >= 11 is 0. The Labute approximate surface area is 112 Å². The molecule has 1 aromatic rings. The van der Waals surface area contributed by atoms with Gasteiger partial charge in [-0.15, -0.1) is 0 Å². The number of piperidine rings is 1. The molecule has 1 heterocycles. The molecule has 19 heavy (non-hydrogen) atoms. The Hall–Kier alpha value is -1.82. The molecule has 0 aromatic heterocycles. The van der Waals surface area contributed by atoms with Gasteiger partial charge in [-0.3, -0.25) is 10.1 Å². The van der Waals surface area contributed by atoms with E-state index in [-0.39, 0.29) is 5.69 Å². The average Bonchev–Trinajstić information content (AvgIpc) is 2.37. The van der Waals surface area contributed by atoms with Crippen LogP contribution >= 0.6 is 0 Å². The lowest BCUT2D eigenvalue weighted by Gasteiger charge is -2.32. The van der Waals surface area contributed by atoms with Crippen LogP contribution in [0.4, 0.5) is 11.4 Å². The lowest BCUT2D eigenvalue weighted by atomic mass is 10.0. The van der Waals surface area contributed by atoms with Crippen molar-refractivity contribution in [2.45, 2.75) is 25.3 Å². The van der Waals surface area contributed by atoms with E-state index in [0.717, 1.165) is 13.0 Å². The second-order valence-corrected chi connectivity index (χ2v) is 4.96. The van der Waals surface area contributed by atoms with Gasteiger partial charge in [0.2, 0.25) is 0 Å². The monoisotopic (exact) mass is 265 g/mol. The molecule has 1 aromatic carbocycles. The third-order valence-corrected chi connectivity index (χ3v) is 3.49. The molecule has 0 saturated carbocycles. The van der Waals surface area contributed by atoms with E-state index >= 15 is 0 Å². The van der Waals surface area contributed by atoms with Crippen LogP contribution in [-0.2, 0) is 0 Å². The van der Waals surface area contributed by atoms with Crippen LogP contribution in [0.1, 0.15) is 19.3 Å². The van der Waals surface area contributed by atoms with E-state index in [0.29, 0.717) is 24.1 Å². The van der Waals surface area contributed by atoms with Crippen LogP contribution in [0.3, 0.4) is 0 Å². The van der Waals surface area contributed by atoms with Gasteiger partial charge in [-0.1, -0.05) is 6.42 Å². The van der Waals surface area contributed by atoms with Gasteiger partial charge in [-0.2, -0.15) is 0 Å². The van der Waals surface area contributed by atoms with E-state index in [4.69, 9.17) is 10.5 Å². The number of nitrogen functional groups attached to an aromatic ring is 1. The van der Waals surface area contributed by atoms with Gasteiger partial charge in [-0.25, -0.2) is 0 Å². The zero-order chi connectivity index (χ0) is 13.8. The molecule has 1 saturated heterocycles. The molecule has 1 atom stereocenters. The molecule has 0 amide bonds. The third-order valence-electron chi connectivity index (χ3n) is 3.49. The van der Waals surface area contributed by atoms with Gasteiger partial charge in [-0.05, 0) is 26.4 Å². The fourth-order valence-electron chi connectivity index (χ4n) is 2.34. The van der Waals surface area contributed by atoms with Crippen LogP contribution in [0.15, 0.2) is 18.2 Å². The number of nitro groups is 1. The zero-order valence-corrected chi connectivity index (χ0v) is 11.0. The molecule has 2 rings (SSSR count). The molecule has 2 N–H and O–H groups in total. The molecule has 6 nitrogen and oxygen atoms in total. The second-order valence-electron chi connectivity index (χ2n) is 4.96. The molecule has 0 spiro atoms. The summed E-state index contributed by atoms with van der Waals surface area (Å²) in [6.45, 7) is 1.61. The third kappa shape index (κ3) is 3.57. The summed E-state index contributed by atoms with van der Waals surface area (Å²) in [5, 5.41) is 10.7. The molecule has 1 fully saturated rings. The Kier molecular flexibility index (Phi) is 4.21. The van der Waals surface area contributed by atoms with Crippen molar-refractivity contribution < 1.29 is 9.66 Å². The van der Waals surface area contributed by atoms with Crippen LogP contribution in [0.25, 0.3) is 0 Å². The van der Waals surface area contributed by atoms with Crippen molar-refractivity contribution in [3.8, 4) is 5.75 Å². The molecule has 6 heteroatoms. The largest absolute Gasteiger partial charge is 0.492 e. The molecule has 0 bridgehead atoms. The number of ether oxygens (including phenoxy) is 1. The molecule has 1 unspecified atom stereocenters. The number of likely N-dealkylation sites (tertiary alicyclic amines) is 1. The first kappa shape index (κ1) is 13.6. The van der Waals surface area contributed by atoms with Crippen molar-refractivity contribution in [2.75, 3.05) is 25.9 Å². The predicted octanol–water partition coefficient (Wildman–Crippen LogP) is 2.04. The number of anilines is 1. The topological polar surface area (TPSA) is 81.6 Å². The first-order chi connectivity index (χ1) is 9.06. The first-order valence-electron chi connectivity index (χ1n) is 6.44. The van der Waals surface area contributed by atoms with Gasteiger partial charge in [0.1, 0.15) is 12.4 Å². The van der Waals surface area contributed by atoms with Crippen LogP contribution in [0, 0.1) is 10.1 Å². The maximum atomic E-state index is 10.7. The lowest BCUT2D eigenvalue weighted by Crippen LogP contribution is -2.40. The van der Waals surface area contributed by atoms with Crippen molar-refractivity contribution in [1.29, 1.82) is 0 Å². The molecular weight excluding hydrogens is 246 g/mol. The van der Waals surface area contributed by atoms with E-state index in [1.807, 2.05) is 0 Å². The standard InChI is InChI=1S/C13H19N3O3/c1-15-5-3-2-4-11(15)9-19-13-7-10(14)6-12(8-13)16(17)18/h6-8,11H,2-5,9,14H2,1H3. The van der Waals surface area contributed by atoms with E-state index in [1.165, 1.54) is 25.0 Å². The van der Waals surface area contributed by atoms with E-state index < -0.39 is 4.92 Å². The summed E-state index contributed by atoms with van der Waals surface area (Å²) in [7, 11) is 2.08. The van der Waals surface area contributed by atoms with Gasteiger partial charge >= 0.3 is 0 Å².